The highest BCUT2D eigenvalue weighted by atomic mass is 16.3. The highest BCUT2D eigenvalue weighted by Crippen LogP contribution is 2.27. The Bertz CT molecular complexity index is 801. The number of hydrogen-bond acceptors (Lipinski definition) is 4. The van der Waals surface area contributed by atoms with E-state index in [1.54, 1.807) is 0 Å². The van der Waals surface area contributed by atoms with Crippen molar-refractivity contribution in [1.82, 2.24) is 14.7 Å². The number of amides is 1. The van der Waals surface area contributed by atoms with Gasteiger partial charge < -0.3 is 9.32 Å². The van der Waals surface area contributed by atoms with E-state index in [4.69, 9.17) is 4.42 Å². The van der Waals surface area contributed by atoms with Crippen molar-refractivity contribution in [2.45, 2.75) is 51.1 Å². The molecule has 0 N–H and O–H groups in total. The summed E-state index contributed by atoms with van der Waals surface area (Å²) in [4.78, 5) is 20.1. The largest absolute Gasteiger partial charge is 0.460 e. The summed E-state index contributed by atoms with van der Waals surface area (Å²) in [7, 11) is 0. The Morgan fingerprint density at radius 2 is 1.76 bits per heavy atom. The molecular formula is C24H33N3O2. The van der Waals surface area contributed by atoms with Crippen LogP contribution in [0.5, 0.6) is 0 Å². The van der Waals surface area contributed by atoms with Crippen LogP contribution in [0.3, 0.4) is 0 Å². The van der Waals surface area contributed by atoms with E-state index in [0.717, 1.165) is 63.6 Å². The summed E-state index contributed by atoms with van der Waals surface area (Å²) in [5.41, 5.74) is 0.986. The third kappa shape index (κ3) is 4.22. The van der Waals surface area contributed by atoms with E-state index in [9.17, 15) is 4.79 Å². The fourth-order valence-electron chi connectivity index (χ4n) is 5.51. The number of nitrogens with zero attached hydrogens (tertiary/aromatic N) is 3. The first kappa shape index (κ1) is 19.1. The number of carbonyl (C=O) groups is 1. The van der Waals surface area contributed by atoms with Gasteiger partial charge in [-0.2, -0.15) is 0 Å². The molecule has 5 rings (SSSR count). The lowest BCUT2D eigenvalue weighted by molar-refractivity contribution is -0.136. The molecule has 0 aliphatic carbocycles. The molecule has 0 saturated carbocycles. The second kappa shape index (κ2) is 8.49. The number of likely N-dealkylation sites (tertiary alicyclic amines) is 3. The maximum atomic E-state index is 12.8. The highest BCUT2D eigenvalue weighted by Gasteiger charge is 2.34. The Morgan fingerprint density at radius 3 is 2.55 bits per heavy atom. The van der Waals surface area contributed by atoms with Crippen molar-refractivity contribution in [1.29, 1.82) is 0 Å². The molecule has 29 heavy (non-hydrogen) atoms. The first-order chi connectivity index (χ1) is 14.3. The van der Waals surface area contributed by atoms with Gasteiger partial charge in [-0.25, -0.2) is 0 Å². The summed E-state index contributed by atoms with van der Waals surface area (Å²) < 4.78 is 6.01. The number of piperidine rings is 2. The van der Waals surface area contributed by atoms with Crippen LogP contribution in [0, 0.1) is 5.92 Å². The van der Waals surface area contributed by atoms with Gasteiger partial charge in [0.2, 0.25) is 5.91 Å². The van der Waals surface area contributed by atoms with Crippen molar-refractivity contribution in [3.05, 3.63) is 36.1 Å². The molecule has 3 aliphatic rings. The van der Waals surface area contributed by atoms with E-state index >= 15 is 0 Å². The number of carbonyl (C=O) groups excluding carboxylic acids is 1. The molecule has 4 heterocycles. The maximum Gasteiger partial charge on any atom is 0.226 e. The lowest BCUT2D eigenvalue weighted by Gasteiger charge is -2.42. The Kier molecular flexibility index (Phi) is 5.60. The van der Waals surface area contributed by atoms with Crippen molar-refractivity contribution in [3.63, 3.8) is 0 Å². The average Bonchev–Trinajstić information content (AvgIpc) is 3.43. The van der Waals surface area contributed by atoms with Gasteiger partial charge in [0.25, 0.3) is 0 Å². The smallest absolute Gasteiger partial charge is 0.226 e. The van der Waals surface area contributed by atoms with Crippen LogP contribution >= 0.6 is 0 Å². The normalized spacial score (nSPS) is 25.1. The average molecular weight is 396 g/mol. The monoisotopic (exact) mass is 395 g/mol. The van der Waals surface area contributed by atoms with Gasteiger partial charge in [0.1, 0.15) is 11.3 Å². The zero-order valence-electron chi connectivity index (χ0n) is 17.4. The predicted octanol–water partition coefficient (Wildman–Crippen LogP) is 3.73. The first-order valence-electron chi connectivity index (χ1n) is 11.5. The van der Waals surface area contributed by atoms with E-state index in [-0.39, 0.29) is 5.92 Å². The van der Waals surface area contributed by atoms with Gasteiger partial charge in [0.15, 0.2) is 0 Å². The maximum absolute atomic E-state index is 12.8. The third-order valence-corrected chi connectivity index (χ3v) is 7.15. The summed E-state index contributed by atoms with van der Waals surface area (Å²) in [6.45, 7) is 7.23. The van der Waals surface area contributed by atoms with Crippen molar-refractivity contribution < 1.29 is 9.21 Å². The van der Waals surface area contributed by atoms with Crippen LogP contribution in [-0.2, 0) is 11.3 Å². The van der Waals surface area contributed by atoms with Gasteiger partial charge in [-0.1, -0.05) is 18.2 Å². The fraction of sp³-hybridized carbons (Fsp3) is 0.625. The van der Waals surface area contributed by atoms with Gasteiger partial charge in [-0.3, -0.25) is 14.6 Å². The topological polar surface area (TPSA) is 39.9 Å². The van der Waals surface area contributed by atoms with Gasteiger partial charge >= 0.3 is 0 Å². The summed E-state index contributed by atoms with van der Waals surface area (Å²) in [5, 5.41) is 1.19. The number of hydrogen-bond donors (Lipinski definition) is 0. The van der Waals surface area contributed by atoms with E-state index in [2.05, 4.69) is 32.9 Å². The molecule has 156 valence electrons. The number of benzene rings is 1. The lowest BCUT2D eigenvalue weighted by atomic mass is 9.93. The number of furan rings is 1. The summed E-state index contributed by atoms with van der Waals surface area (Å²) >= 11 is 0. The predicted molar refractivity (Wildman–Crippen MR) is 115 cm³/mol. The molecule has 1 amide bonds. The molecule has 1 atom stereocenters. The Hall–Kier alpha value is -1.85. The quantitative estimate of drug-likeness (QED) is 0.791. The Morgan fingerprint density at radius 1 is 0.966 bits per heavy atom. The van der Waals surface area contributed by atoms with Crippen LogP contribution in [-0.4, -0.2) is 65.9 Å². The Balaban J connectivity index is 1.13. The zero-order chi connectivity index (χ0) is 19.6. The second-order valence-electron chi connectivity index (χ2n) is 9.12. The van der Waals surface area contributed by atoms with Crippen LogP contribution in [0.15, 0.2) is 34.7 Å². The van der Waals surface area contributed by atoms with Crippen molar-refractivity contribution in [3.8, 4) is 0 Å². The molecule has 5 heteroatoms. The molecule has 3 aliphatic heterocycles. The van der Waals surface area contributed by atoms with Crippen molar-refractivity contribution in [2.24, 2.45) is 5.92 Å². The van der Waals surface area contributed by atoms with E-state index in [1.165, 1.54) is 37.5 Å². The number of para-hydroxylation sites is 1. The van der Waals surface area contributed by atoms with Crippen LogP contribution < -0.4 is 0 Å². The summed E-state index contributed by atoms with van der Waals surface area (Å²) in [5.74, 6) is 1.73. The zero-order valence-corrected chi connectivity index (χ0v) is 17.4. The minimum atomic E-state index is 0.232. The van der Waals surface area contributed by atoms with Gasteiger partial charge in [-0.05, 0) is 57.2 Å². The summed E-state index contributed by atoms with van der Waals surface area (Å²) in [6, 6.07) is 11.1. The summed E-state index contributed by atoms with van der Waals surface area (Å²) in [6.07, 6.45) is 7.02. The standard InChI is InChI=1S/C24H33N3O2/c28-24(26-11-3-4-12-26)20-7-5-13-27(17-20)21-9-14-25(15-10-21)18-22-16-19-6-1-2-8-23(19)29-22/h1-2,6,8,16,20-21H,3-5,7,9-15,17-18H2. The molecule has 3 saturated heterocycles. The molecule has 2 aromatic rings. The van der Waals surface area contributed by atoms with Crippen LogP contribution in [0.1, 0.15) is 44.3 Å². The number of fused-ring (bicyclic) bond motifs is 1. The second-order valence-corrected chi connectivity index (χ2v) is 9.12. The molecule has 5 nitrogen and oxygen atoms in total. The molecule has 0 bridgehead atoms. The molecule has 0 spiro atoms. The molecule has 3 fully saturated rings. The Labute approximate surface area is 173 Å². The number of rotatable bonds is 4. The SMILES string of the molecule is O=C(C1CCCN(C2CCN(Cc3cc4ccccc4o3)CC2)C1)N1CCCC1. The first-order valence-corrected chi connectivity index (χ1v) is 11.5. The third-order valence-electron chi connectivity index (χ3n) is 7.15. The van der Waals surface area contributed by atoms with Crippen molar-refractivity contribution in [2.75, 3.05) is 39.3 Å². The molecular weight excluding hydrogens is 362 g/mol. The van der Waals surface area contributed by atoms with Gasteiger partial charge in [0, 0.05) is 44.2 Å². The van der Waals surface area contributed by atoms with Gasteiger partial charge in [0.05, 0.1) is 12.5 Å². The minimum absolute atomic E-state index is 0.232. The molecule has 0 radical (unpaired) electrons. The van der Waals surface area contributed by atoms with Crippen molar-refractivity contribution >= 4 is 16.9 Å². The minimum Gasteiger partial charge on any atom is -0.460 e. The van der Waals surface area contributed by atoms with E-state index < -0.39 is 0 Å². The molecule has 1 aromatic carbocycles. The van der Waals surface area contributed by atoms with E-state index in [1.807, 2.05) is 12.1 Å². The van der Waals surface area contributed by atoms with Gasteiger partial charge in [-0.15, -0.1) is 0 Å². The van der Waals surface area contributed by atoms with E-state index in [0.29, 0.717) is 11.9 Å². The van der Waals surface area contributed by atoms with Crippen LogP contribution in [0.2, 0.25) is 0 Å². The highest BCUT2D eigenvalue weighted by molar-refractivity contribution is 5.79. The lowest BCUT2D eigenvalue weighted by Crippen LogP contribution is -2.50. The molecule has 1 unspecified atom stereocenters. The fourth-order valence-corrected chi connectivity index (χ4v) is 5.51. The van der Waals surface area contributed by atoms with Crippen LogP contribution in [0.25, 0.3) is 11.0 Å². The van der Waals surface area contributed by atoms with Crippen LogP contribution in [0.4, 0.5) is 0 Å². The molecule has 1 aromatic heterocycles.